The molecule has 2 atom stereocenters. The number of rotatable bonds is 5. The van der Waals surface area contributed by atoms with E-state index >= 15 is 0 Å². The van der Waals surface area contributed by atoms with Crippen molar-refractivity contribution in [2.24, 2.45) is 4.99 Å². The molecule has 1 saturated heterocycles. The molecule has 1 heterocycles. The monoisotopic (exact) mass is 526 g/mol. The lowest BCUT2D eigenvalue weighted by Gasteiger charge is -2.38. The zero-order valence-electron chi connectivity index (χ0n) is 17.2. The summed E-state index contributed by atoms with van der Waals surface area (Å²) < 4.78 is 19.2. The molecule has 2 aromatic carbocycles. The molecule has 2 aromatic rings. The number of hydrogen-bond acceptors (Lipinski definition) is 3. The van der Waals surface area contributed by atoms with Gasteiger partial charge in [-0.1, -0.05) is 42.5 Å². The molecule has 8 heteroatoms. The highest BCUT2D eigenvalue weighted by atomic mass is 127. The van der Waals surface area contributed by atoms with Gasteiger partial charge in [0.25, 0.3) is 0 Å². The molecule has 0 bridgehead atoms. The number of hydrogen-bond donors (Lipinski definition) is 2. The lowest BCUT2D eigenvalue weighted by Crippen LogP contribution is -2.52. The van der Waals surface area contributed by atoms with Crippen molar-refractivity contribution in [2.45, 2.75) is 25.7 Å². The minimum absolute atomic E-state index is 0. The van der Waals surface area contributed by atoms with Gasteiger partial charge in [0.05, 0.1) is 19.2 Å². The van der Waals surface area contributed by atoms with E-state index in [9.17, 15) is 9.18 Å². The summed E-state index contributed by atoms with van der Waals surface area (Å²) in [6, 6.07) is 16.1. The van der Waals surface area contributed by atoms with E-state index in [-0.39, 0.29) is 54.5 Å². The summed E-state index contributed by atoms with van der Waals surface area (Å²) in [5.74, 6) is 0.266. The van der Waals surface area contributed by atoms with Gasteiger partial charge in [-0.3, -0.25) is 9.79 Å². The Bertz CT molecular complexity index is 833. The summed E-state index contributed by atoms with van der Waals surface area (Å²) in [7, 11) is 1.69. The second-order valence-electron chi connectivity index (χ2n) is 7.05. The van der Waals surface area contributed by atoms with Gasteiger partial charge in [0.15, 0.2) is 5.96 Å². The fourth-order valence-electron chi connectivity index (χ4n) is 3.34. The van der Waals surface area contributed by atoms with Gasteiger partial charge in [-0.25, -0.2) is 4.39 Å². The van der Waals surface area contributed by atoms with Crippen LogP contribution in [0.1, 0.15) is 24.2 Å². The molecule has 1 fully saturated rings. The first-order chi connectivity index (χ1) is 14.0. The van der Waals surface area contributed by atoms with Crippen LogP contribution in [0.2, 0.25) is 0 Å². The summed E-state index contributed by atoms with van der Waals surface area (Å²) in [4.78, 5) is 18.6. The average Bonchev–Trinajstić information content (AvgIpc) is 2.73. The van der Waals surface area contributed by atoms with Crippen molar-refractivity contribution in [3.63, 3.8) is 0 Å². The Morgan fingerprint density at radius 1 is 1.13 bits per heavy atom. The van der Waals surface area contributed by atoms with Gasteiger partial charge in [0.1, 0.15) is 11.9 Å². The number of guanidine groups is 1. The first-order valence-electron chi connectivity index (χ1n) is 9.72. The molecule has 2 unspecified atom stereocenters. The number of nitrogens with one attached hydrogen (secondary N) is 2. The third kappa shape index (κ3) is 6.94. The van der Waals surface area contributed by atoms with Crippen molar-refractivity contribution in [3.8, 4) is 0 Å². The molecule has 0 radical (unpaired) electrons. The van der Waals surface area contributed by atoms with Gasteiger partial charge < -0.3 is 20.3 Å². The number of aliphatic imine (C=N–C) groups is 1. The van der Waals surface area contributed by atoms with E-state index in [1.54, 1.807) is 19.2 Å². The summed E-state index contributed by atoms with van der Waals surface area (Å²) in [5.41, 5.74) is 1.97. The lowest BCUT2D eigenvalue weighted by molar-refractivity contribution is -0.120. The normalized spacial score (nSPS) is 19.0. The summed E-state index contributed by atoms with van der Waals surface area (Å²) in [6.07, 6.45) is -0.214. The number of ether oxygens (including phenoxy) is 1. The molecule has 6 nitrogen and oxygen atoms in total. The quantitative estimate of drug-likeness (QED) is 0.357. The molecule has 30 heavy (non-hydrogen) atoms. The Labute approximate surface area is 193 Å². The Morgan fingerprint density at radius 3 is 2.50 bits per heavy atom. The number of nitrogens with zero attached hydrogens (tertiary/aromatic N) is 2. The highest BCUT2D eigenvalue weighted by molar-refractivity contribution is 14.0. The van der Waals surface area contributed by atoms with Crippen LogP contribution in [-0.2, 0) is 16.1 Å². The van der Waals surface area contributed by atoms with Gasteiger partial charge in [0, 0.05) is 20.1 Å². The minimum Gasteiger partial charge on any atom is -0.367 e. The number of benzene rings is 2. The predicted molar refractivity (Wildman–Crippen MR) is 126 cm³/mol. The molecule has 2 N–H and O–H groups in total. The van der Waals surface area contributed by atoms with Crippen LogP contribution in [-0.4, -0.2) is 49.6 Å². The fourth-order valence-corrected chi connectivity index (χ4v) is 3.34. The van der Waals surface area contributed by atoms with Crippen molar-refractivity contribution in [3.05, 3.63) is 71.5 Å². The number of carbonyl (C=O) groups excluding carboxylic acids is 1. The molecule has 0 spiro atoms. The first-order valence-corrected chi connectivity index (χ1v) is 9.72. The maximum Gasteiger partial charge on any atom is 0.239 e. The maximum atomic E-state index is 13.2. The van der Waals surface area contributed by atoms with E-state index in [1.165, 1.54) is 12.1 Å². The SMILES string of the molecule is CN=C(NCC(=O)NCc1ccccc1)N1CC(C)OC(c2ccc(F)cc2)C1.I. The summed E-state index contributed by atoms with van der Waals surface area (Å²) in [6.45, 7) is 3.83. The molecule has 1 aliphatic rings. The van der Waals surface area contributed by atoms with Crippen molar-refractivity contribution in [1.29, 1.82) is 0 Å². The molecule has 3 rings (SSSR count). The van der Waals surface area contributed by atoms with Gasteiger partial charge in [-0.15, -0.1) is 24.0 Å². The van der Waals surface area contributed by atoms with Gasteiger partial charge in [-0.2, -0.15) is 0 Å². The van der Waals surface area contributed by atoms with Gasteiger partial charge in [0.2, 0.25) is 5.91 Å². The highest BCUT2D eigenvalue weighted by Crippen LogP contribution is 2.25. The summed E-state index contributed by atoms with van der Waals surface area (Å²) in [5, 5.41) is 6.02. The van der Waals surface area contributed by atoms with Gasteiger partial charge >= 0.3 is 0 Å². The van der Waals surface area contributed by atoms with E-state index < -0.39 is 0 Å². The number of amides is 1. The number of morpholine rings is 1. The topological polar surface area (TPSA) is 66.0 Å². The van der Waals surface area contributed by atoms with Crippen LogP contribution in [0, 0.1) is 5.82 Å². The Kier molecular flexibility index (Phi) is 9.51. The predicted octanol–water partition coefficient (Wildman–Crippen LogP) is 3.10. The Morgan fingerprint density at radius 2 is 1.83 bits per heavy atom. The molecular weight excluding hydrogens is 498 g/mol. The van der Waals surface area contributed by atoms with Gasteiger partial charge in [-0.05, 0) is 30.2 Å². The van der Waals surface area contributed by atoms with Crippen LogP contribution in [0.5, 0.6) is 0 Å². The molecule has 0 aliphatic carbocycles. The van der Waals surface area contributed by atoms with Crippen LogP contribution < -0.4 is 10.6 Å². The second kappa shape index (κ2) is 11.8. The highest BCUT2D eigenvalue weighted by Gasteiger charge is 2.28. The number of carbonyl (C=O) groups is 1. The third-order valence-corrected chi connectivity index (χ3v) is 4.75. The van der Waals surface area contributed by atoms with E-state index in [4.69, 9.17) is 4.74 Å². The van der Waals surface area contributed by atoms with Crippen molar-refractivity contribution in [1.82, 2.24) is 15.5 Å². The summed E-state index contributed by atoms with van der Waals surface area (Å²) >= 11 is 0. The maximum absolute atomic E-state index is 13.2. The Hall–Kier alpha value is -2.20. The number of halogens is 2. The lowest BCUT2D eigenvalue weighted by atomic mass is 10.1. The van der Waals surface area contributed by atoms with Crippen molar-refractivity contribution >= 4 is 35.8 Å². The third-order valence-electron chi connectivity index (χ3n) is 4.75. The van der Waals surface area contributed by atoms with Crippen LogP contribution in [0.15, 0.2) is 59.6 Å². The van der Waals surface area contributed by atoms with E-state index in [1.807, 2.05) is 37.3 Å². The first kappa shape index (κ1) is 24.1. The van der Waals surface area contributed by atoms with Crippen LogP contribution in [0.3, 0.4) is 0 Å². The van der Waals surface area contributed by atoms with E-state index in [2.05, 4.69) is 20.5 Å². The minimum atomic E-state index is -0.270. The zero-order valence-corrected chi connectivity index (χ0v) is 19.5. The molecule has 1 amide bonds. The largest absolute Gasteiger partial charge is 0.367 e. The molecule has 1 aliphatic heterocycles. The van der Waals surface area contributed by atoms with Crippen molar-refractivity contribution < 1.29 is 13.9 Å². The standard InChI is InChI=1S/C22H27FN4O2.HI/c1-16-14-27(15-20(29-16)18-8-10-19(23)11-9-18)22(24-2)26-13-21(28)25-12-17-6-4-3-5-7-17;/h3-11,16,20H,12-15H2,1-2H3,(H,24,26)(H,25,28);1H. The smallest absolute Gasteiger partial charge is 0.239 e. The van der Waals surface area contributed by atoms with Crippen molar-refractivity contribution in [2.75, 3.05) is 26.7 Å². The second-order valence-corrected chi connectivity index (χ2v) is 7.05. The van der Waals surface area contributed by atoms with Crippen LogP contribution >= 0.6 is 24.0 Å². The molecule has 0 saturated carbocycles. The van der Waals surface area contributed by atoms with Crippen LogP contribution in [0.25, 0.3) is 0 Å². The van der Waals surface area contributed by atoms with E-state index in [0.29, 0.717) is 25.6 Å². The van der Waals surface area contributed by atoms with E-state index in [0.717, 1.165) is 11.1 Å². The molecular formula is C22H28FIN4O2. The van der Waals surface area contributed by atoms with Crippen LogP contribution in [0.4, 0.5) is 4.39 Å². The molecule has 0 aromatic heterocycles. The Balaban J connectivity index is 0.00000320. The molecule has 162 valence electrons. The fraction of sp³-hybridized carbons (Fsp3) is 0.364. The average molecular weight is 526 g/mol. The zero-order chi connectivity index (χ0) is 20.6.